The van der Waals surface area contributed by atoms with Crippen LogP contribution in [-0.4, -0.2) is 11.2 Å². The highest BCUT2D eigenvalue weighted by Crippen LogP contribution is 2.25. The van der Waals surface area contributed by atoms with Crippen molar-refractivity contribution in [2.45, 2.75) is 104 Å². The van der Waals surface area contributed by atoms with Gasteiger partial charge in [-0.05, 0) is 42.9 Å². The number of benzene rings is 1. The van der Waals surface area contributed by atoms with Gasteiger partial charge in [-0.25, -0.2) is 4.79 Å². The first-order valence-electron chi connectivity index (χ1n) is 10.8. The molecular weight excluding hydrogens is 322 g/mol. The van der Waals surface area contributed by atoms with Crippen LogP contribution in [0, 0.1) is 0 Å². The number of anilines is 1. The van der Waals surface area contributed by atoms with Gasteiger partial charge in [0.1, 0.15) is 0 Å². The van der Waals surface area contributed by atoms with Gasteiger partial charge in [0, 0.05) is 5.69 Å². The summed E-state index contributed by atoms with van der Waals surface area (Å²) in [4.78, 5) is 11.1. The summed E-state index contributed by atoms with van der Waals surface area (Å²) in [6, 6.07) is 6.08. The van der Waals surface area contributed by atoms with Gasteiger partial charge in [-0.15, -0.1) is 0 Å². The predicted molar refractivity (Wildman–Crippen MR) is 112 cm³/mol. The summed E-state index contributed by atoms with van der Waals surface area (Å²) in [5, 5.41) is 11.7. The van der Waals surface area contributed by atoms with E-state index in [1.54, 1.807) is 0 Å². The quantitative estimate of drug-likeness (QED) is 0.316. The highest BCUT2D eigenvalue weighted by Gasteiger charge is 2.10. The van der Waals surface area contributed by atoms with E-state index in [4.69, 9.17) is 5.11 Å². The molecule has 2 N–H and O–H groups in total. The van der Waals surface area contributed by atoms with Crippen molar-refractivity contribution in [3.8, 4) is 0 Å². The van der Waals surface area contributed by atoms with E-state index < -0.39 is 6.09 Å². The molecule has 1 aromatic carbocycles. The van der Waals surface area contributed by atoms with E-state index in [2.05, 4.69) is 25.2 Å². The Morgan fingerprint density at radius 3 is 1.92 bits per heavy atom. The monoisotopic (exact) mass is 361 g/mol. The number of rotatable bonds is 15. The lowest BCUT2D eigenvalue weighted by Crippen LogP contribution is -2.11. The molecule has 0 aromatic heterocycles. The van der Waals surface area contributed by atoms with E-state index in [0.717, 1.165) is 24.9 Å². The maximum absolute atomic E-state index is 11.1. The summed E-state index contributed by atoms with van der Waals surface area (Å²) in [5.74, 6) is 0. The van der Waals surface area contributed by atoms with Crippen molar-refractivity contribution in [1.82, 2.24) is 0 Å². The average Bonchev–Trinajstić information content (AvgIpc) is 2.62. The number of carbonyl (C=O) groups is 1. The van der Waals surface area contributed by atoms with Gasteiger partial charge in [0.15, 0.2) is 0 Å². The highest BCUT2D eigenvalue weighted by atomic mass is 16.4. The van der Waals surface area contributed by atoms with Crippen molar-refractivity contribution < 1.29 is 9.90 Å². The Bertz CT molecular complexity index is 499. The second-order valence-corrected chi connectivity index (χ2v) is 7.41. The zero-order valence-electron chi connectivity index (χ0n) is 17.0. The van der Waals surface area contributed by atoms with Crippen LogP contribution in [0.4, 0.5) is 10.5 Å². The first kappa shape index (κ1) is 22.5. The maximum atomic E-state index is 11.1. The first-order valence-corrected chi connectivity index (χ1v) is 10.8. The molecule has 0 heterocycles. The second kappa shape index (κ2) is 14.6. The number of carboxylic acid groups (broad SMARTS) is 1. The fourth-order valence-corrected chi connectivity index (χ4v) is 3.57. The molecule has 0 spiro atoms. The minimum absolute atomic E-state index is 0.787. The van der Waals surface area contributed by atoms with Crippen molar-refractivity contribution in [2.24, 2.45) is 0 Å². The number of amides is 1. The molecule has 0 aliphatic heterocycles. The van der Waals surface area contributed by atoms with Crippen LogP contribution in [-0.2, 0) is 12.8 Å². The first-order chi connectivity index (χ1) is 12.7. The zero-order chi connectivity index (χ0) is 19.0. The standard InChI is InChI=1S/C23H39NO2/c1-3-5-7-9-11-13-16-20-17-15-19-22(24-23(25)26)21(20)18-14-12-10-8-6-4-2/h15,17,19,24H,3-14,16,18H2,1-2H3,(H,25,26). The van der Waals surface area contributed by atoms with E-state index >= 15 is 0 Å². The lowest BCUT2D eigenvalue weighted by Gasteiger charge is -2.15. The van der Waals surface area contributed by atoms with Crippen LogP contribution in [0.5, 0.6) is 0 Å². The van der Waals surface area contributed by atoms with E-state index in [0.29, 0.717) is 0 Å². The number of aryl methyl sites for hydroxylation is 1. The van der Waals surface area contributed by atoms with E-state index in [-0.39, 0.29) is 0 Å². The van der Waals surface area contributed by atoms with Crippen molar-refractivity contribution >= 4 is 11.8 Å². The molecule has 0 bridgehead atoms. The Kier molecular flexibility index (Phi) is 12.7. The molecule has 0 radical (unpaired) electrons. The summed E-state index contributed by atoms with van der Waals surface area (Å²) < 4.78 is 0. The molecule has 0 saturated carbocycles. The molecule has 148 valence electrons. The molecule has 0 aliphatic carbocycles. The molecule has 0 aliphatic rings. The van der Waals surface area contributed by atoms with Gasteiger partial charge in [0.25, 0.3) is 0 Å². The number of nitrogens with one attached hydrogen (secondary N) is 1. The minimum Gasteiger partial charge on any atom is -0.465 e. The Labute approximate surface area is 160 Å². The van der Waals surface area contributed by atoms with E-state index in [1.807, 2.05) is 12.1 Å². The van der Waals surface area contributed by atoms with Gasteiger partial charge >= 0.3 is 6.09 Å². The SMILES string of the molecule is CCCCCCCCc1cccc(NC(=O)O)c1CCCCCCCC. The molecule has 0 fully saturated rings. The molecule has 26 heavy (non-hydrogen) atoms. The van der Waals surface area contributed by atoms with Gasteiger partial charge in [-0.3, -0.25) is 5.32 Å². The maximum Gasteiger partial charge on any atom is 0.409 e. The van der Waals surface area contributed by atoms with Gasteiger partial charge in [-0.2, -0.15) is 0 Å². The molecule has 0 atom stereocenters. The Hall–Kier alpha value is -1.51. The predicted octanol–water partition coefficient (Wildman–Crippen LogP) is 7.58. The Morgan fingerprint density at radius 2 is 1.35 bits per heavy atom. The van der Waals surface area contributed by atoms with Crippen LogP contribution in [0.15, 0.2) is 18.2 Å². The molecule has 0 saturated heterocycles. The van der Waals surface area contributed by atoms with Crippen molar-refractivity contribution in [1.29, 1.82) is 0 Å². The molecule has 3 nitrogen and oxygen atoms in total. The number of hydrogen-bond acceptors (Lipinski definition) is 1. The number of hydrogen-bond donors (Lipinski definition) is 2. The lowest BCUT2D eigenvalue weighted by molar-refractivity contribution is 0.209. The fraction of sp³-hybridized carbons (Fsp3) is 0.696. The normalized spacial score (nSPS) is 10.8. The highest BCUT2D eigenvalue weighted by molar-refractivity contribution is 5.84. The van der Waals surface area contributed by atoms with E-state index in [1.165, 1.54) is 81.8 Å². The van der Waals surface area contributed by atoms with Crippen LogP contribution < -0.4 is 5.32 Å². The fourth-order valence-electron chi connectivity index (χ4n) is 3.57. The van der Waals surface area contributed by atoms with Crippen LogP contribution in [0.3, 0.4) is 0 Å². The second-order valence-electron chi connectivity index (χ2n) is 7.41. The molecule has 0 unspecified atom stereocenters. The van der Waals surface area contributed by atoms with Gasteiger partial charge in [-0.1, -0.05) is 90.2 Å². The Morgan fingerprint density at radius 1 is 0.808 bits per heavy atom. The largest absolute Gasteiger partial charge is 0.465 e. The molecule has 3 heteroatoms. The Balaban J connectivity index is 2.58. The molecule has 1 aromatic rings. The van der Waals surface area contributed by atoms with Crippen molar-refractivity contribution in [2.75, 3.05) is 5.32 Å². The topological polar surface area (TPSA) is 49.3 Å². The van der Waals surface area contributed by atoms with Gasteiger partial charge < -0.3 is 5.11 Å². The van der Waals surface area contributed by atoms with Gasteiger partial charge in [0.05, 0.1) is 0 Å². The number of unbranched alkanes of at least 4 members (excludes halogenated alkanes) is 10. The smallest absolute Gasteiger partial charge is 0.409 e. The third kappa shape index (κ3) is 9.84. The molecule has 1 rings (SSSR count). The summed E-state index contributed by atoms with van der Waals surface area (Å²) in [5.41, 5.74) is 3.34. The van der Waals surface area contributed by atoms with E-state index in [9.17, 15) is 4.79 Å². The zero-order valence-corrected chi connectivity index (χ0v) is 17.0. The third-order valence-electron chi connectivity index (χ3n) is 5.09. The van der Waals surface area contributed by atoms with Crippen molar-refractivity contribution in [3.63, 3.8) is 0 Å². The van der Waals surface area contributed by atoms with Crippen LogP contribution in [0.2, 0.25) is 0 Å². The summed E-state index contributed by atoms with van der Waals surface area (Å²) in [7, 11) is 0. The van der Waals surface area contributed by atoms with Crippen LogP contribution in [0.25, 0.3) is 0 Å². The molecule has 1 amide bonds. The third-order valence-corrected chi connectivity index (χ3v) is 5.09. The minimum atomic E-state index is -0.967. The average molecular weight is 362 g/mol. The summed E-state index contributed by atoms with van der Waals surface area (Å²) in [6.07, 6.45) is 16.4. The van der Waals surface area contributed by atoms with Crippen LogP contribution in [0.1, 0.15) is 102 Å². The summed E-state index contributed by atoms with van der Waals surface area (Å²) >= 11 is 0. The van der Waals surface area contributed by atoms with Crippen LogP contribution >= 0.6 is 0 Å². The van der Waals surface area contributed by atoms with Crippen molar-refractivity contribution in [3.05, 3.63) is 29.3 Å². The van der Waals surface area contributed by atoms with Gasteiger partial charge in [0.2, 0.25) is 0 Å². The lowest BCUT2D eigenvalue weighted by atomic mass is 9.94. The summed E-state index contributed by atoms with van der Waals surface area (Å²) in [6.45, 7) is 4.48. The molecular formula is C23H39NO2.